The van der Waals surface area contributed by atoms with Crippen LogP contribution in [0.4, 0.5) is 10.1 Å². The molecule has 1 atom stereocenters. The number of nitrogens with one attached hydrogen (secondary N) is 1. The maximum Gasteiger partial charge on any atom is 0.268 e. The monoisotopic (exact) mass is 562 g/mol. The number of benzene rings is 3. The first kappa shape index (κ1) is 28.2. The van der Waals surface area contributed by atoms with Crippen molar-refractivity contribution in [2.45, 2.75) is 19.4 Å². The van der Waals surface area contributed by atoms with Crippen LogP contribution in [0.3, 0.4) is 0 Å². The number of ether oxygens (including phenoxy) is 1. The van der Waals surface area contributed by atoms with E-state index in [1.807, 2.05) is 6.07 Å². The molecule has 11 heteroatoms. The fraction of sp³-hybridized carbons (Fsp3) is 0.138. The van der Waals surface area contributed by atoms with Gasteiger partial charge in [-0.3, -0.25) is 19.2 Å². The maximum absolute atomic E-state index is 14.3. The van der Waals surface area contributed by atoms with Crippen molar-refractivity contribution in [2.24, 2.45) is 5.73 Å². The molecular formula is C29H24ClFN4O5. The Morgan fingerprint density at radius 2 is 1.73 bits per heavy atom. The topological polar surface area (TPSA) is 133 Å². The quantitative estimate of drug-likeness (QED) is 0.290. The molecule has 40 heavy (non-hydrogen) atoms. The number of rotatable bonds is 9. The summed E-state index contributed by atoms with van der Waals surface area (Å²) >= 11 is 6.17. The third-order valence-electron chi connectivity index (χ3n) is 6.14. The number of nitrogens with zero attached hydrogens (tertiary/aromatic N) is 2. The van der Waals surface area contributed by atoms with E-state index in [0.717, 1.165) is 22.4 Å². The largest absolute Gasteiger partial charge is 0.480 e. The van der Waals surface area contributed by atoms with E-state index in [1.54, 1.807) is 36.4 Å². The number of hydrogen-bond acceptors (Lipinski definition) is 6. The zero-order valence-corrected chi connectivity index (χ0v) is 22.2. The normalized spacial score (nSPS) is 11.5. The Morgan fingerprint density at radius 1 is 1.02 bits per heavy atom. The number of primary amides is 1. The number of Topliss-reactive ketones (excluding diaryl/α,β-unsaturated/α-hetero) is 1. The molecule has 2 amide bonds. The van der Waals surface area contributed by atoms with Gasteiger partial charge in [0.05, 0.1) is 18.2 Å². The van der Waals surface area contributed by atoms with E-state index >= 15 is 0 Å². The summed E-state index contributed by atoms with van der Waals surface area (Å²) in [4.78, 5) is 50.6. The van der Waals surface area contributed by atoms with Crippen LogP contribution in [0.15, 0.2) is 77.6 Å². The van der Waals surface area contributed by atoms with Crippen LogP contribution in [0.5, 0.6) is 5.88 Å². The van der Waals surface area contributed by atoms with Crippen LogP contribution in [0.2, 0.25) is 5.02 Å². The second kappa shape index (κ2) is 11.9. The summed E-state index contributed by atoms with van der Waals surface area (Å²) in [5.74, 6) is -2.81. The van der Waals surface area contributed by atoms with Crippen molar-refractivity contribution >= 4 is 34.9 Å². The molecule has 9 nitrogen and oxygen atoms in total. The molecule has 0 unspecified atom stereocenters. The van der Waals surface area contributed by atoms with Gasteiger partial charge in [0.1, 0.15) is 11.9 Å². The Kier molecular flexibility index (Phi) is 8.40. The first-order chi connectivity index (χ1) is 19.1. The molecule has 0 bridgehead atoms. The Balaban J connectivity index is 1.80. The van der Waals surface area contributed by atoms with Gasteiger partial charge in [-0.1, -0.05) is 41.9 Å². The number of halogens is 2. The molecule has 0 saturated heterocycles. The molecule has 4 rings (SSSR count). The lowest BCUT2D eigenvalue weighted by Gasteiger charge is -2.20. The lowest BCUT2D eigenvalue weighted by molar-refractivity contribution is -0.119. The van der Waals surface area contributed by atoms with E-state index in [9.17, 15) is 23.6 Å². The van der Waals surface area contributed by atoms with Gasteiger partial charge in [-0.2, -0.15) is 0 Å². The molecule has 0 aliphatic carbocycles. The van der Waals surface area contributed by atoms with Crippen LogP contribution in [0.1, 0.15) is 39.2 Å². The van der Waals surface area contributed by atoms with Crippen LogP contribution in [0.25, 0.3) is 11.1 Å². The van der Waals surface area contributed by atoms with Gasteiger partial charge in [-0.15, -0.1) is 5.10 Å². The van der Waals surface area contributed by atoms with Gasteiger partial charge in [0, 0.05) is 28.8 Å². The van der Waals surface area contributed by atoms with E-state index in [-0.39, 0.29) is 34.9 Å². The smallest absolute Gasteiger partial charge is 0.268 e. The van der Waals surface area contributed by atoms with Crippen molar-refractivity contribution in [3.05, 3.63) is 111 Å². The standard InChI is InChI=1S/C29H24ClFN4O5/c1-16(36)20-10-8-18(30)13-22(20)23-15-26(37)35(34-29(23)40-2)25(12-17-6-4-3-5-7-17)28(39)33-19-9-11-21(27(32)38)24(31)14-19/h3-11,13-15,25H,12H2,1-2H3,(H2,32,38)(H,33,39)/t25-/m0/s1. The number of aromatic nitrogens is 2. The number of amides is 2. The molecule has 0 radical (unpaired) electrons. The van der Waals surface area contributed by atoms with Gasteiger partial charge in [-0.25, -0.2) is 9.07 Å². The first-order valence-corrected chi connectivity index (χ1v) is 12.4. The molecule has 0 fully saturated rings. The molecule has 0 saturated carbocycles. The first-order valence-electron chi connectivity index (χ1n) is 12.0. The SMILES string of the molecule is COc1nn([C@@H](Cc2ccccc2)C(=O)Nc2ccc(C(N)=O)c(F)c2)c(=O)cc1-c1cc(Cl)ccc1C(C)=O. The fourth-order valence-electron chi connectivity index (χ4n) is 4.21. The third-order valence-corrected chi connectivity index (χ3v) is 6.37. The van der Waals surface area contributed by atoms with E-state index < -0.39 is 29.2 Å². The van der Waals surface area contributed by atoms with Crippen molar-refractivity contribution < 1.29 is 23.5 Å². The summed E-state index contributed by atoms with van der Waals surface area (Å²) in [6, 6.07) is 17.0. The summed E-state index contributed by atoms with van der Waals surface area (Å²) in [7, 11) is 1.34. The maximum atomic E-state index is 14.3. The molecule has 3 N–H and O–H groups in total. The number of methoxy groups -OCH3 is 1. The second-order valence-electron chi connectivity index (χ2n) is 8.85. The molecule has 0 aliphatic rings. The minimum absolute atomic E-state index is 0.0212. The zero-order chi connectivity index (χ0) is 29.0. The lowest BCUT2D eigenvalue weighted by Crippen LogP contribution is -2.36. The van der Waals surface area contributed by atoms with Crippen molar-refractivity contribution in [1.29, 1.82) is 0 Å². The van der Waals surface area contributed by atoms with Gasteiger partial charge in [0.2, 0.25) is 11.8 Å². The molecule has 0 aliphatic heterocycles. The summed E-state index contributed by atoms with van der Waals surface area (Å²) in [5, 5.41) is 7.25. The highest BCUT2D eigenvalue weighted by atomic mass is 35.5. The summed E-state index contributed by atoms with van der Waals surface area (Å²) < 4.78 is 20.8. The van der Waals surface area contributed by atoms with Crippen LogP contribution in [-0.2, 0) is 11.2 Å². The van der Waals surface area contributed by atoms with Gasteiger partial charge >= 0.3 is 0 Å². The highest BCUT2D eigenvalue weighted by molar-refractivity contribution is 6.31. The van der Waals surface area contributed by atoms with Crippen molar-refractivity contribution in [3.63, 3.8) is 0 Å². The predicted molar refractivity (Wildman–Crippen MR) is 148 cm³/mol. The number of carbonyl (C=O) groups is 3. The van der Waals surface area contributed by atoms with Crippen LogP contribution in [-0.4, -0.2) is 34.5 Å². The summed E-state index contributed by atoms with van der Waals surface area (Å²) in [6.07, 6.45) is 0.0554. The number of hydrogen-bond donors (Lipinski definition) is 2. The number of nitrogens with two attached hydrogens (primary N) is 1. The van der Waals surface area contributed by atoms with Crippen LogP contribution in [0, 0.1) is 5.82 Å². The van der Waals surface area contributed by atoms with E-state index in [1.165, 1.54) is 32.2 Å². The van der Waals surface area contributed by atoms with E-state index in [0.29, 0.717) is 16.1 Å². The van der Waals surface area contributed by atoms with Gasteiger partial charge in [-0.05, 0) is 54.4 Å². The Morgan fingerprint density at radius 3 is 2.35 bits per heavy atom. The minimum atomic E-state index is -1.19. The minimum Gasteiger partial charge on any atom is -0.480 e. The zero-order valence-electron chi connectivity index (χ0n) is 21.5. The summed E-state index contributed by atoms with van der Waals surface area (Å²) in [5.41, 5.74) is 5.82. The third kappa shape index (κ3) is 6.08. The molecule has 1 heterocycles. The molecule has 0 spiro atoms. The Labute approximate surface area is 233 Å². The molecule has 3 aromatic carbocycles. The molecule has 1 aromatic heterocycles. The Bertz CT molecular complexity index is 1670. The average Bonchev–Trinajstić information content (AvgIpc) is 2.92. The van der Waals surface area contributed by atoms with Crippen LogP contribution >= 0.6 is 11.6 Å². The molecule has 204 valence electrons. The summed E-state index contributed by atoms with van der Waals surface area (Å²) in [6.45, 7) is 1.38. The van der Waals surface area contributed by atoms with E-state index in [4.69, 9.17) is 22.1 Å². The molecule has 4 aromatic rings. The van der Waals surface area contributed by atoms with Gasteiger partial charge < -0.3 is 15.8 Å². The van der Waals surface area contributed by atoms with E-state index in [2.05, 4.69) is 10.4 Å². The fourth-order valence-corrected chi connectivity index (χ4v) is 4.38. The van der Waals surface area contributed by atoms with Crippen LogP contribution < -0.4 is 21.3 Å². The van der Waals surface area contributed by atoms with Gasteiger partial charge in [0.15, 0.2) is 5.78 Å². The number of anilines is 1. The Hall–Kier alpha value is -4.83. The second-order valence-corrected chi connectivity index (χ2v) is 9.29. The number of ketones is 1. The number of carbonyl (C=O) groups excluding carboxylic acids is 3. The molecular weight excluding hydrogens is 539 g/mol. The average molecular weight is 563 g/mol. The highest BCUT2D eigenvalue weighted by Gasteiger charge is 2.27. The van der Waals surface area contributed by atoms with Crippen molar-refractivity contribution in [3.8, 4) is 17.0 Å². The lowest BCUT2D eigenvalue weighted by atomic mass is 9.98. The predicted octanol–water partition coefficient (Wildman–Crippen LogP) is 4.44. The van der Waals surface area contributed by atoms with Gasteiger partial charge in [0.25, 0.3) is 11.5 Å². The van der Waals surface area contributed by atoms with Crippen molar-refractivity contribution in [1.82, 2.24) is 9.78 Å². The van der Waals surface area contributed by atoms with Crippen molar-refractivity contribution in [2.75, 3.05) is 12.4 Å². The highest BCUT2D eigenvalue weighted by Crippen LogP contribution is 2.32.